The molecule has 1 rings (SSSR count). The number of benzene rings is 1. The van der Waals surface area contributed by atoms with Gasteiger partial charge in [0.05, 0.1) is 6.42 Å². The fraction of sp³-hybridized carbons (Fsp3) is 0.529. The van der Waals surface area contributed by atoms with E-state index in [4.69, 9.17) is 5.11 Å². The van der Waals surface area contributed by atoms with Crippen molar-refractivity contribution in [1.82, 2.24) is 0 Å². The minimum Gasteiger partial charge on any atom is -0.481 e. The van der Waals surface area contributed by atoms with Gasteiger partial charge in [0.15, 0.2) is 5.78 Å². The van der Waals surface area contributed by atoms with Crippen LogP contribution in [0.1, 0.15) is 62.0 Å². The number of Topliss-reactive ketones (excluding diaryl/α,β-unsaturated/α-hetero) is 1. The van der Waals surface area contributed by atoms with Crippen LogP contribution in [0, 0.1) is 5.41 Å². The Kier molecular flexibility index (Phi) is 5.49. The van der Waals surface area contributed by atoms with Gasteiger partial charge < -0.3 is 5.11 Å². The molecule has 20 heavy (non-hydrogen) atoms. The summed E-state index contributed by atoms with van der Waals surface area (Å²) >= 11 is 0. The smallest absolute Gasteiger partial charge is 0.303 e. The quantitative estimate of drug-likeness (QED) is 0.769. The highest BCUT2D eigenvalue weighted by molar-refractivity contribution is 5.98. The number of carboxylic acids is 1. The Morgan fingerprint density at radius 1 is 1.10 bits per heavy atom. The van der Waals surface area contributed by atoms with Crippen molar-refractivity contribution in [3.8, 4) is 0 Å². The van der Waals surface area contributed by atoms with Crippen molar-refractivity contribution in [2.45, 2.75) is 53.4 Å². The van der Waals surface area contributed by atoms with Crippen molar-refractivity contribution in [2.24, 2.45) is 5.41 Å². The number of aliphatic carboxylic acids is 1. The lowest BCUT2D eigenvalue weighted by atomic mass is 9.81. The van der Waals surface area contributed by atoms with Crippen LogP contribution in [0.2, 0.25) is 0 Å². The number of hydrogen-bond acceptors (Lipinski definition) is 2. The predicted octanol–water partition coefficient (Wildman–Crippen LogP) is 3.89. The van der Waals surface area contributed by atoms with Crippen LogP contribution < -0.4 is 0 Å². The van der Waals surface area contributed by atoms with E-state index in [-0.39, 0.29) is 18.6 Å². The molecule has 0 heterocycles. The Bertz CT molecular complexity index is 501. The van der Waals surface area contributed by atoms with Crippen molar-refractivity contribution in [2.75, 3.05) is 0 Å². The third kappa shape index (κ3) is 4.48. The van der Waals surface area contributed by atoms with E-state index in [9.17, 15) is 9.59 Å². The lowest BCUT2D eigenvalue weighted by Crippen LogP contribution is -2.21. The summed E-state index contributed by atoms with van der Waals surface area (Å²) in [5, 5.41) is 8.90. The first-order valence-corrected chi connectivity index (χ1v) is 7.16. The van der Waals surface area contributed by atoms with E-state index in [1.807, 2.05) is 32.9 Å². The fourth-order valence-corrected chi connectivity index (χ4v) is 2.41. The first-order chi connectivity index (χ1) is 9.29. The van der Waals surface area contributed by atoms with E-state index in [0.29, 0.717) is 0 Å². The normalized spacial score (nSPS) is 11.4. The van der Waals surface area contributed by atoms with Crippen LogP contribution in [0.25, 0.3) is 0 Å². The van der Waals surface area contributed by atoms with Crippen LogP contribution in [-0.2, 0) is 17.6 Å². The average molecular weight is 276 g/mol. The summed E-state index contributed by atoms with van der Waals surface area (Å²) in [6, 6.07) is 6.02. The van der Waals surface area contributed by atoms with Gasteiger partial charge in [-0.15, -0.1) is 0 Å². The van der Waals surface area contributed by atoms with Gasteiger partial charge in [0.1, 0.15) is 0 Å². The summed E-state index contributed by atoms with van der Waals surface area (Å²) in [4.78, 5) is 23.3. The molecule has 0 aliphatic rings. The maximum Gasteiger partial charge on any atom is 0.303 e. The molecule has 0 bridgehead atoms. The first kappa shape index (κ1) is 16.4. The van der Waals surface area contributed by atoms with Crippen molar-refractivity contribution in [3.05, 3.63) is 34.9 Å². The van der Waals surface area contributed by atoms with Crippen LogP contribution in [0.3, 0.4) is 0 Å². The van der Waals surface area contributed by atoms with Crippen LogP contribution in [-0.4, -0.2) is 16.9 Å². The number of carboxylic acid groups (broad SMARTS) is 1. The molecule has 0 saturated carbocycles. The molecule has 1 N–H and O–H groups in total. The van der Waals surface area contributed by atoms with Gasteiger partial charge in [0.2, 0.25) is 0 Å². The molecule has 0 spiro atoms. The van der Waals surface area contributed by atoms with Gasteiger partial charge in [0, 0.05) is 12.0 Å². The fourth-order valence-electron chi connectivity index (χ4n) is 2.41. The standard InChI is InChI=1S/C17H24O3/c1-5-12-7-8-13(6-2)14(9-12)15(18)10-17(3,4)11-16(19)20/h7-9H,5-6,10-11H2,1-4H3,(H,19,20). The number of hydrogen-bond donors (Lipinski definition) is 1. The molecule has 3 heteroatoms. The van der Waals surface area contributed by atoms with Crippen LogP contribution in [0.4, 0.5) is 0 Å². The second kappa shape index (κ2) is 6.69. The minimum absolute atomic E-state index is 0.00761. The van der Waals surface area contributed by atoms with E-state index in [0.717, 1.165) is 29.5 Å². The molecule has 0 saturated heterocycles. The van der Waals surface area contributed by atoms with Gasteiger partial charge in [-0.25, -0.2) is 0 Å². The van der Waals surface area contributed by atoms with Gasteiger partial charge in [-0.1, -0.05) is 39.8 Å². The largest absolute Gasteiger partial charge is 0.481 e. The Labute approximate surface area is 121 Å². The number of carbonyl (C=O) groups excluding carboxylic acids is 1. The lowest BCUT2D eigenvalue weighted by molar-refractivity contribution is -0.139. The highest BCUT2D eigenvalue weighted by Gasteiger charge is 2.26. The highest BCUT2D eigenvalue weighted by Crippen LogP contribution is 2.28. The predicted molar refractivity (Wildman–Crippen MR) is 80.2 cm³/mol. The number of rotatable bonds is 7. The van der Waals surface area contributed by atoms with Gasteiger partial charge in [-0.3, -0.25) is 9.59 Å². The summed E-state index contributed by atoms with van der Waals surface area (Å²) in [5.74, 6) is -0.816. The number of ketones is 1. The summed E-state index contributed by atoms with van der Waals surface area (Å²) in [5.41, 5.74) is 2.42. The maximum atomic E-state index is 12.5. The second-order valence-electron chi connectivity index (χ2n) is 6.03. The zero-order chi connectivity index (χ0) is 15.3. The Hall–Kier alpha value is -1.64. The summed E-state index contributed by atoms with van der Waals surface area (Å²) in [6.07, 6.45) is 1.97. The van der Waals surface area contributed by atoms with Gasteiger partial charge in [-0.2, -0.15) is 0 Å². The van der Waals surface area contributed by atoms with Crippen molar-refractivity contribution < 1.29 is 14.7 Å². The lowest BCUT2D eigenvalue weighted by Gasteiger charge is -2.22. The molecule has 0 aromatic heterocycles. The summed E-state index contributed by atoms with van der Waals surface area (Å²) in [7, 11) is 0. The van der Waals surface area contributed by atoms with E-state index >= 15 is 0 Å². The van der Waals surface area contributed by atoms with Crippen LogP contribution >= 0.6 is 0 Å². The summed E-state index contributed by atoms with van der Waals surface area (Å²) < 4.78 is 0. The first-order valence-electron chi connectivity index (χ1n) is 7.16. The molecule has 110 valence electrons. The molecule has 0 unspecified atom stereocenters. The van der Waals surface area contributed by atoms with E-state index < -0.39 is 11.4 Å². The molecule has 0 atom stereocenters. The molecule has 1 aromatic rings. The van der Waals surface area contributed by atoms with Gasteiger partial charge >= 0.3 is 5.97 Å². The third-order valence-electron chi connectivity index (χ3n) is 3.53. The molecule has 1 aromatic carbocycles. The molecule has 0 radical (unpaired) electrons. The molecule has 3 nitrogen and oxygen atoms in total. The second-order valence-corrected chi connectivity index (χ2v) is 6.03. The average Bonchev–Trinajstić information content (AvgIpc) is 2.35. The molecule has 0 fully saturated rings. The molecular formula is C17H24O3. The zero-order valence-corrected chi connectivity index (χ0v) is 12.8. The Balaban J connectivity index is 2.99. The molecular weight excluding hydrogens is 252 g/mol. The van der Waals surface area contributed by atoms with E-state index in [1.54, 1.807) is 0 Å². The Morgan fingerprint density at radius 2 is 1.75 bits per heavy atom. The van der Waals surface area contributed by atoms with Crippen LogP contribution in [0.5, 0.6) is 0 Å². The summed E-state index contributed by atoms with van der Waals surface area (Å²) in [6.45, 7) is 7.74. The van der Waals surface area contributed by atoms with E-state index in [1.165, 1.54) is 0 Å². The monoisotopic (exact) mass is 276 g/mol. The molecule has 0 aliphatic heterocycles. The third-order valence-corrected chi connectivity index (χ3v) is 3.53. The van der Waals surface area contributed by atoms with E-state index in [2.05, 4.69) is 13.0 Å². The Morgan fingerprint density at radius 3 is 2.25 bits per heavy atom. The highest BCUT2D eigenvalue weighted by atomic mass is 16.4. The topological polar surface area (TPSA) is 54.4 Å². The SMILES string of the molecule is CCc1ccc(CC)c(C(=O)CC(C)(C)CC(=O)O)c1. The minimum atomic E-state index is -0.860. The van der Waals surface area contributed by atoms with Crippen molar-refractivity contribution in [1.29, 1.82) is 0 Å². The van der Waals surface area contributed by atoms with Crippen molar-refractivity contribution in [3.63, 3.8) is 0 Å². The maximum absolute atomic E-state index is 12.5. The number of carbonyl (C=O) groups is 2. The number of aryl methyl sites for hydroxylation is 2. The van der Waals surface area contributed by atoms with Gasteiger partial charge in [-0.05, 0) is 35.4 Å². The van der Waals surface area contributed by atoms with Gasteiger partial charge in [0.25, 0.3) is 0 Å². The van der Waals surface area contributed by atoms with Crippen LogP contribution in [0.15, 0.2) is 18.2 Å². The zero-order valence-electron chi connectivity index (χ0n) is 12.8. The molecule has 0 amide bonds. The van der Waals surface area contributed by atoms with Crippen molar-refractivity contribution >= 4 is 11.8 Å². The molecule has 0 aliphatic carbocycles.